The normalized spacial score (nSPS) is 10.9. The van der Waals surface area contributed by atoms with Crippen LogP contribution in [0.1, 0.15) is 6.92 Å². The molecule has 9 nitrogen and oxygen atoms in total. The number of hydrogen-bond acceptors (Lipinski definition) is 7. The molecule has 0 fully saturated rings. The molecule has 0 heterocycles. The van der Waals surface area contributed by atoms with Crippen LogP contribution in [-0.2, 0) is 10.0 Å². The lowest BCUT2D eigenvalue weighted by atomic mass is 10.3. The Hall–Kier alpha value is -3.79. The van der Waals surface area contributed by atoms with Gasteiger partial charge in [-0.1, -0.05) is 12.1 Å². The van der Waals surface area contributed by atoms with E-state index in [-0.39, 0.29) is 22.1 Å². The van der Waals surface area contributed by atoms with Gasteiger partial charge in [0.2, 0.25) is 0 Å². The summed E-state index contributed by atoms with van der Waals surface area (Å²) in [5.41, 5.74) is -0.279. The molecule has 0 unspecified atom stereocenters. The summed E-state index contributed by atoms with van der Waals surface area (Å²) >= 11 is 0. The third kappa shape index (κ3) is 5.23. The van der Waals surface area contributed by atoms with Gasteiger partial charge in [0.05, 0.1) is 29.2 Å². The van der Waals surface area contributed by atoms with Gasteiger partial charge in [0.1, 0.15) is 11.5 Å². The highest BCUT2D eigenvalue weighted by Gasteiger charge is 2.23. The van der Waals surface area contributed by atoms with Gasteiger partial charge in [0.15, 0.2) is 11.5 Å². The third-order valence-corrected chi connectivity index (χ3v) is 5.51. The molecule has 0 radical (unpaired) electrons. The molecule has 0 aliphatic heterocycles. The van der Waals surface area contributed by atoms with Crippen molar-refractivity contribution in [2.24, 2.45) is 0 Å². The van der Waals surface area contributed by atoms with Crippen molar-refractivity contribution in [2.45, 2.75) is 11.8 Å². The fraction of sp³-hybridized carbons (Fsp3) is 0.143. The maximum atomic E-state index is 12.9. The molecule has 0 amide bonds. The van der Waals surface area contributed by atoms with Crippen LogP contribution >= 0.6 is 0 Å². The van der Waals surface area contributed by atoms with E-state index in [4.69, 9.17) is 14.2 Å². The lowest BCUT2D eigenvalue weighted by Crippen LogP contribution is -2.14. The van der Waals surface area contributed by atoms with Crippen molar-refractivity contribution < 1.29 is 27.6 Å². The first-order valence-corrected chi connectivity index (χ1v) is 10.7. The lowest BCUT2D eigenvalue weighted by molar-refractivity contribution is -0.386. The van der Waals surface area contributed by atoms with Crippen molar-refractivity contribution in [3.8, 4) is 23.0 Å². The van der Waals surface area contributed by atoms with E-state index in [9.17, 15) is 18.5 Å². The second kappa shape index (κ2) is 9.35. The number of methoxy groups -OCH3 is 1. The highest BCUT2D eigenvalue weighted by atomic mass is 32.2. The van der Waals surface area contributed by atoms with Crippen LogP contribution in [0, 0.1) is 10.1 Å². The molecule has 31 heavy (non-hydrogen) atoms. The molecule has 0 atom stereocenters. The molecule has 3 rings (SSSR count). The summed E-state index contributed by atoms with van der Waals surface area (Å²) in [6.07, 6.45) is 0. The van der Waals surface area contributed by atoms with Crippen molar-refractivity contribution >= 4 is 21.4 Å². The van der Waals surface area contributed by atoms with Crippen LogP contribution < -0.4 is 18.9 Å². The summed E-state index contributed by atoms with van der Waals surface area (Å²) in [5, 5.41) is 11.2. The Kier molecular flexibility index (Phi) is 6.61. The lowest BCUT2D eigenvalue weighted by Gasteiger charge is -2.14. The van der Waals surface area contributed by atoms with Gasteiger partial charge >= 0.3 is 5.69 Å². The average molecular weight is 444 g/mol. The Bertz CT molecular complexity index is 1180. The van der Waals surface area contributed by atoms with Gasteiger partial charge in [-0.25, -0.2) is 8.42 Å². The summed E-state index contributed by atoms with van der Waals surface area (Å²) in [6, 6.07) is 16.7. The Balaban J connectivity index is 1.87. The predicted molar refractivity (Wildman–Crippen MR) is 115 cm³/mol. The summed E-state index contributed by atoms with van der Waals surface area (Å²) in [5.74, 6) is 1.39. The number of ether oxygens (including phenoxy) is 3. The molecule has 0 aliphatic rings. The maximum absolute atomic E-state index is 12.9. The monoisotopic (exact) mass is 444 g/mol. The number of hydrogen-bond donors (Lipinski definition) is 1. The SMILES string of the molecule is CCOc1ccc(Oc2ccccc2NS(=O)(=O)c2ccc(OC)c([N+](=O)[O-])c2)cc1. The van der Waals surface area contributed by atoms with Crippen molar-refractivity contribution in [2.75, 3.05) is 18.4 Å². The maximum Gasteiger partial charge on any atom is 0.312 e. The standard InChI is InChI=1S/C21H20N2O7S/c1-3-29-15-8-10-16(11-9-15)30-20-7-5-4-6-18(20)22-31(26,27)17-12-13-21(28-2)19(14-17)23(24)25/h4-14,22H,3H2,1-2H3. The van der Waals surface area contributed by atoms with Crippen molar-refractivity contribution in [3.05, 3.63) is 76.8 Å². The molecule has 3 aromatic rings. The van der Waals surface area contributed by atoms with Gasteiger partial charge < -0.3 is 14.2 Å². The number of nitrogens with one attached hydrogen (secondary N) is 1. The van der Waals surface area contributed by atoms with Crippen molar-refractivity contribution in [1.82, 2.24) is 0 Å². The van der Waals surface area contributed by atoms with Gasteiger partial charge in [-0.05, 0) is 55.5 Å². The largest absolute Gasteiger partial charge is 0.494 e. The number of para-hydroxylation sites is 2. The smallest absolute Gasteiger partial charge is 0.312 e. The Morgan fingerprint density at radius 1 is 0.968 bits per heavy atom. The second-order valence-corrected chi connectivity index (χ2v) is 7.88. The van der Waals surface area contributed by atoms with Crippen LogP contribution in [-0.4, -0.2) is 27.1 Å². The number of rotatable bonds is 9. The van der Waals surface area contributed by atoms with Crippen LogP contribution in [0.4, 0.5) is 11.4 Å². The van der Waals surface area contributed by atoms with E-state index >= 15 is 0 Å². The van der Waals surface area contributed by atoms with Gasteiger partial charge in [0.25, 0.3) is 10.0 Å². The first-order chi connectivity index (χ1) is 14.8. The minimum atomic E-state index is -4.13. The summed E-state index contributed by atoms with van der Waals surface area (Å²) in [6.45, 7) is 2.42. The second-order valence-electron chi connectivity index (χ2n) is 6.20. The van der Waals surface area contributed by atoms with E-state index in [1.54, 1.807) is 42.5 Å². The van der Waals surface area contributed by atoms with E-state index in [0.717, 1.165) is 6.07 Å². The quantitative estimate of drug-likeness (QED) is 0.379. The van der Waals surface area contributed by atoms with Crippen molar-refractivity contribution in [3.63, 3.8) is 0 Å². The number of anilines is 1. The number of sulfonamides is 1. The third-order valence-electron chi connectivity index (χ3n) is 4.15. The van der Waals surface area contributed by atoms with Gasteiger partial charge in [-0.15, -0.1) is 0 Å². The van der Waals surface area contributed by atoms with Crippen molar-refractivity contribution in [1.29, 1.82) is 0 Å². The summed E-state index contributed by atoms with van der Waals surface area (Å²) < 4.78 is 44.2. The first kappa shape index (κ1) is 21.9. The zero-order chi connectivity index (χ0) is 22.4. The van der Waals surface area contributed by atoms with Gasteiger partial charge in [0, 0.05) is 6.07 Å². The van der Waals surface area contributed by atoms with Gasteiger partial charge in [-0.3, -0.25) is 14.8 Å². The fourth-order valence-electron chi connectivity index (χ4n) is 2.72. The van der Waals surface area contributed by atoms with Crippen LogP contribution in [0.3, 0.4) is 0 Å². The number of nitrogens with zero attached hydrogens (tertiary/aromatic N) is 1. The fourth-order valence-corrected chi connectivity index (χ4v) is 3.81. The Labute approximate surface area is 179 Å². The zero-order valence-electron chi connectivity index (χ0n) is 16.8. The molecular formula is C21H20N2O7S. The zero-order valence-corrected chi connectivity index (χ0v) is 17.6. The summed E-state index contributed by atoms with van der Waals surface area (Å²) in [4.78, 5) is 10.2. The number of nitro groups is 1. The molecular weight excluding hydrogens is 424 g/mol. The van der Waals surface area contributed by atoms with E-state index in [0.29, 0.717) is 18.1 Å². The molecule has 0 saturated carbocycles. The predicted octanol–water partition coefficient (Wildman–Crippen LogP) is 4.60. The van der Waals surface area contributed by atoms with Crippen LogP contribution in [0.25, 0.3) is 0 Å². The molecule has 0 aliphatic carbocycles. The van der Waals surface area contributed by atoms with E-state index in [2.05, 4.69) is 4.72 Å². The topological polar surface area (TPSA) is 117 Å². The molecule has 10 heteroatoms. The molecule has 0 saturated heterocycles. The molecule has 0 bridgehead atoms. The highest BCUT2D eigenvalue weighted by molar-refractivity contribution is 7.92. The highest BCUT2D eigenvalue weighted by Crippen LogP contribution is 2.34. The van der Waals surface area contributed by atoms with E-state index < -0.39 is 20.6 Å². The number of benzene rings is 3. The van der Waals surface area contributed by atoms with Crippen LogP contribution in [0.5, 0.6) is 23.0 Å². The molecule has 3 aromatic carbocycles. The molecule has 0 aromatic heterocycles. The average Bonchev–Trinajstić information content (AvgIpc) is 2.76. The Morgan fingerprint density at radius 3 is 2.29 bits per heavy atom. The Morgan fingerprint density at radius 2 is 1.65 bits per heavy atom. The molecule has 1 N–H and O–H groups in total. The molecule has 162 valence electrons. The van der Waals surface area contributed by atoms with Crippen LogP contribution in [0.2, 0.25) is 0 Å². The van der Waals surface area contributed by atoms with Gasteiger partial charge in [-0.2, -0.15) is 0 Å². The van der Waals surface area contributed by atoms with Crippen LogP contribution in [0.15, 0.2) is 71.6 Å². The van der Waals surface area contributed by atoms with E-state index in [1.165, 1.54) is 25.3 Å². The first-order valence-electron chi connectivity index (χ1n) is 9.19. The summed E-state index contributed by atoms with van der Waals surface area (Å²) in [7, 11) is -2.87. The minimum absolute atomic E-state index is 0.0387. The molecule has 0 spiro atoms. The minimum Gasteiger partial charge on any atom is -0.494 e. The van der Waals surface area contributed by atoms with E-state index in [1.807, 2.05) is 6.92 Å². The number of nitro benzene ring substituents is 1.